The summed E-state index contributed by atoms with van der Waals surface area (Å²) in [7, 11) is 0. The van der Waals surface area contributed by atoms with E-state index in [-0.39, 0.29) is 17.7 Å². The van der Waals surface area contributed by atoms with Crippen molar-refractivity contribution in [2.24, 2.45) is 5.92 Å². The number of carbonyl (C=O) groups is 2. The molecule has 0 spiro atoms. The molecule has 2 heterocycles. The van der Waals surface area contributed by atoms with E-state index in [1.807, 2.05) is 9.80 Å². The number of likely N-dealkylation sites (tertiary alicyclic amines) is 1. The first-order valence-corrected chi connectivity index (χ1v) is 9.89. The molecule has 0 saturated carbocycles. The number of rotatable bonds is 5. The minimum Gasteiger partial charge on any atom is -0.368 e. The van der Waals surface area contributed by atoms with Crippen LogP contribution in [0.3, 0.4) is 0 Å². The predicted molar refractivity (Wildman–Crippen MR) is 104 cm³/mol. The molecule has 2 fully saturated rings. The first-order valence-electron chi connectivity index (χ1n) is 9.89. The van der Waals surface area contributed by atoms with Crippen LogP contribution in [0.2, 0.25) is 0 Å². The summed E-state index contributed by atoms with van der Waals surface area (Å²) in [6, 6.07) is 6.41. The van der Waals surface area contributed by atoms with Crippen LogP contribution < -0.4 is 4.90 Å². The number of hydrogen-bond donors (Lipinski definition) is 0. The third-order valence-corrected chi connectivity index (χ3v) is 5.85. The molecule has 0 N–H and O–H groups in total. The number of hydrogen-bond acceptors (Lipinski definition) is 3. The monoisotopic (exact) mass is 357 g/mol. The third-order valence-electron chi connectivity index (χ3n) is 5.85. The summed E-state index contributed by atoms with van der Waals surface area (Å²) in [5.74, 6) is 0.162. The lowest BCUT2D eigenvalue weighted by Crippen LogP contribution is -2.50. The van der Waals surface area contributed by atoms with Gasteiger partial charge in [0, 0.05) is 51.4 Å². The molecule has 1 aromatic rings. The maximum Gasteiger partial charge on any atom is 0.228 e. The SMILES string of the molecule is CCCCN1CC(C(=O)N2CCN(c3cccc(C)c3C)CC2)CC1=O. The van der Waals surface area contributed by atoms with Crippen LogP contribution in [0.1, 0.15) is 37.3 Å². The Kier molecular flexibility index (Phi) is 5.84. The molecule has 1 atom stereocenters. The van der Waals surface area contributed by atoms with Gasteiger partial charge in [0.05, 0.1) is 5.92 Å². The van der Waals surface area contributed by atoms with E-state index in [2.05, 4.69) is 43.9 Å². The Balaban J connectivity index is 1.56. The number of carbonyl (C=O) groups excluding carboxylic acids is 2. The highest BCUT2D eigenvalue weighted by atomic mass is 16.2. The number of nitrogens with zero attached hydrogens (tertiary/aromatic N) is 3. The summed E-state index contributed by atoms with van der Waals surface area (Å²) in [5, 5.41) is 0. The van der Waals surface area contributed by atoms with Gasteiger partial charge in [0.25, 0.3) is 0 Å². The molecule has 1 aromatic carbocycles. The molecule has 0 aromatic heterocycles. The van der Waals surface area contributed by atoms with Gasteiger partial charge in [-0.3, -0.25) is 9.59 Å². The maximum atomic E-state index is 12.9. The van der Waals surface area contributed by atoms with Crippen molar-refractivity contribution in [1.82, 2.24) is 9.80 Å². The standard InChI is InChI=1S/C21H31N3O2/c1-4-5-9-24-15-18(14-20(24)25)21(26)23-12-10-22(11-13-23)19-8-6-7-16(2)17(19)3/h6-8,18H,4-5,9-15H2,1-3H3. The first kappa shape index (κ1) is 18.7. The Hall–Kier alpha value is -2.04. The van der Waals surface area contributed by atoms with Crippen molar-refractivity contribution in [1.29, 1.82) is 0 Å². The van der Waals surface area contributed by atoms with E-state index in [0.29, 0.717) is 13.0 Å². The van der Waals surface area contributed by atoms with E-state index < -0.39 is 0 Å². The molecule has 142 valence electrons. The molecule has 2 aliphatic heterocycles. The number of amides is 2. The van der Waals surface area contributed by atoms with Crippen molar-refractivity contribution in [3.05, 3.63) is 29.3 Å². The van der Waals surface area contributed by atoms with Crippen LogP contribution in [0, 0.1) is 19.8 Å². The van der Waals surface area contributed by atoms with Gasteiger partial charge in [0.2, 0.25) is 11.8 Å². The molecule has 0 aliphatic carbocycles. The van der Waals surface area contributed by atoms with Gasteiger partial charge >= 0.3 is 0 Å². The molecule has 2 amide bonds. The Bertz CT molecular complexity index is 665. The summed E-state index contributed by atoms with van der Waals surface area (Å²) in [4.78, 5) is 31.2. The van der Waals surface area contributed by atoms with Crippen molar-refractivity contribution in [2.45, 2.75) is 40.0 Å². The van der Waals surface area contributed by atoms with E-state index in [1.165, 1.54) is 16.8 Å². The summed E-state index contributed by atoms with van der Waals surface area (Å²) < 4.78 is 0. The summed E-state index contributed by atoms with van der Waals surface area (Å²) in [5.41, 5.74) is 3.90. The summed E-state index contributed by atoms with van der Waals surface area (Å²) in [6.07, 6.45) is 2.48. The number of piperazine rings is 1. The molecular formula is C21H31N3O2. The second-order valence-corrected chi connectivity index (χ2v) is 7.63. The Morgan fingerprint density at radius 2 is 1.88 bits per heavy atom. The highest BCUT2D eigenvalue weighted by Gasteiger charge is 2.37. The highest BCUT2D eigenvalue weighted by molar-refractivity contribution is 5.89. The van der Waals surface area contributed by atoms with E-state index in [4.69, 9.17) is 0 Å². The lowest BCUT2D eigenvalue weighted by molar-refractivity contribution is -0.136. The molecule has 0 radical (unpaired) electrons. The van der Waals surface area contributed by atoms with Gasteiger partial charge < -0.3 is 14.7 Å². The largest absolute Gasteiger partial charge is 0.368 e. The lowest BCUT2D eigenvalue weighted by Gasteiger charge is -2.38. The zero-order chi connectivity index (χ0) is 18.7. The molecule has 5 nitrogen and oxygen atoms in total. The number of benzene rings is 1. The van der Waals surface area contributed by atoms with E-state index in [9.17, 15) is 9.59 Å². The normalized spacial score (nSPS) is 20.8. The average molecular weight is 357 g/mol. The smallest absolute Gasteiger partial charge is 0.228 e. The zero-order valence-electron chi connectivity index (χ0n) is 16.3. The van der Waals surface area contributed by atoms with Crippen molar-refractivity contribution >= 4 is 17.5 Å². The van der Waals surface area contributed by atoms with E-state index in [0.717, 1.165) is 45.6 Å². The molecular weight excluding hydrogens is 326 g/mol. The van der Waals surface area contributed by atoms with Crippen LogP contribution in [-0.4, -0.2) is 60.9 Å². The molecule has 5 heteroatoms. The van der Waals surface area contributed by atoms with Crippen molar-refractivity contribution in [3.8, 4) is 0 Å². The predicted octanol–water partition coefficient (Wildman–Crippen LogP) is 2.60. The van der Waals surface area contributed by atoms with Crippen LogP contribution in [0.5, 0.6) is 0 Å². The van der Waals surface area contributed by atoms with Gasteiger partial charge in [-0.25, -0.2) is 0 Å². The van der Waals surface area contributed by atoms with Crippen LogP contribution in [-0.2, 0) is 9.59 Å². The van der Waals surface area contributed by atoms with Crippen molar-refractivity contribution in [2.75, 3.05) is 44.2 Å². The number of aryl methyl sites for hydroxylation is 1. The van der Waals surface area contributed by atoms with Crippen molar-refractivity contribution < 1.29 is 9.59 Å². The number of anilines is 1. The van der Waals surface area contributed by atoms with Gasteiger partial charge in [-0.05, 0) is 37.5 Å². The molecule has 2 aliphatic rings. The van der Waals surface area contributed by atoms with Gasteiger partial charge in [0.1, 0.15) is 0 Å². The van der Waals surface area contributed by atoms with Crippen LogP contribution in [0.25, 0.3) is 0 Å². The van der Waals surface area contributed by atoms with E-state index in [1.54, 1.807) is 0 Å². The van der Waals surface area contributed by atoms with Crippen LogP contribution >= 0.6 is 0 Å². The number of unbranched alkanes of at least 4 members (excludes halogenated alkanes) is 1. The maximum absolute atomic E-state index is 12.9. The van der Waals surface area contributed by atoms with Gasteiger partial charge in [-0.2, -0.15) is 0 Å². The first-order chi connectivity index (χ1) is 12.5. The molecule has 1 unspecified atom stereocenters. The molecule has 26 heavy (non-hydrogen) atoms. The zero-order valence-corrected chi connectivity index (χ0v) is 16.3. The minimum absolute atomic E-state index is 0.144. The molecule has 2 saturated heterocycles. The Morgan fingerprint density at radius 3 is 2.58 bits per heavy atom. The fourth-order valence-electron chi connectivity index (χ4n) is 4.01. The average Bonchev–Trinajstić information content (AvgIpc) is 3.02. The third kappa shape index (κ3) is 3.87. The fraction of sp³-hybridized carbons (Fsp3) is 0.619. The second kappa shape index (κ2) is 8.11. The van der Waals surface area contributed by atoms with Gasteiger partial charge in [0.15, 0.2) is 0 Å². The highest BCUT2D eigenvalue weighted by Crippen LogP contribution is 2.25. The fourth-order valence-corrected chi connectivity index (χ4v) is 4.01. The van der Waals surface area contributed by atoms with Gasteiger partial charge in [-0.1, -0.05) is 25.5 Å². The lowest BCUT2D eigenvalue weighted by atomic mass is 10.1. The molecule has 0 bridgehead atoms. The summed E-state index contributed by atoms with van der Waals surface area (Å²) >= 11 is 0. The quantitative estimate of drug-likeness (QED) is 0.814. The van der Waals surface area contributed by atoms with Crippen molar-refractivity contribution in [3.63, 3.8) is 0 Å². The van der Waals surface area contributed by atoms with Crippen LogP contribution in [0.4, 0.5) is 5.69 Å². The Labute approximate surface area is 156 Å². The van der Waals surface area contributed by atoms with E-state index >= 15 is 0 Å². The van der Waals surface area contributed by atoms with Gasteiger partial charge in [-0.15, -0.1) is 0 Å². The Morgan fingerprint density at radius 1 is 1.15 bits per heavy atom. The van der Waals surface area contributed by atoms with Crippen LogP contribution in [0.15, 0.2) is 18.2 Å². The second-order valence-electron chi connectivity index (χ2n) is 7.63. The minimum atomic E-state index is -0.147. The molecule has 3 rings (SSSR count). The summed E-state index contributed by atoms with van der Waals surface area (Å²) in [6.45, 7) is 11.0. The topological polar surface area (TPSA) is 43.9 Å².